The van der Waals surface area contributed by atoms with Gasteiger partial charge < -0.3 is 4.74 Å². The molecular formula is C18H15ClN4O3. The predicted octanol–water partition coefficient (Wildman–Crippen LogP) is 3.24. The zero-order valence-corrected chi connectivity index (χ0v) is 14.6. The molecule has 0 saturated carbocycles. The average molecular weight is 371 g/mol. The minimum absolute atomic E-state index is 0.374. The number of fused-ring (bicyclic) bond motifs is 1. The molecule has 1 fully saturated rings. The molecule has 0 radical (unpaired) electrons. The smallest absolute Gasteiger partial charge is 0.263 e. The molecule has 0 spiro atoms. The van der Waals surface area contributed by atoms with Crippen LogP contribution >= 0.6 is 11.6 Å². The van der Waals surface area contributed by atoms with Gasteiger partial charge in [0.1, 0.15) is 5.75 Å². The summed E-state index contributed by atoms with van der Waals surface area (Å²) in [6.07, 6.45) is 0. The number of nitrogens with zero attached hydrogens (tertiary/aromatic N) is 4. The third-order valence-corrected chi connectivity index (χ3v) is 4.50. The van der Waals surface area contributed by atoms with Gasteiger partial charge in [-0.05, 0) is 49.4 Å². The molecule has 2 heterocycles. The summed E-state index contributed by atoms with van der Waals surface area (Å²) in [5.74, 6) is -0.0566. The maximum absolute atomic E-state index is 12.9. The zero-order valence-electron chi connectivity index (χ0n) is 13.9. The number of anilines is 2. The Morgan fingerprint density at radius 3 is 2.54 bits per heavy atom. The van der Waals surface area contributed by atoms with Crippen molar-refractivity contribution in [2.24, 2.45) is 10.3 Å². The molecule has 2 aliphatic rings. The SMILES string of the molecule is CCOc1ccc(N2N=N[C@@H]3C(=O)N(c4cccc(Cl)c4)C(=O)[C@H]32)cc1. The van der Waals surface area contributed by atoms with Crippen molar-refractivity contribution in [3.05, 3.63) is 53.6 Å². The van der Waals surface area contributed by atoms with Gasteiger partial charge in [0, 0.05) is 5.02 Å². The molecule has 7 nitrogen and oxygen atoms in total. The van der Waals surface area contributed by atoms with Crippen molar-refractivity contribution in [2.45, 2.75) is 19.0 Å². The summed E-state index contributed by atoms with van der Waals surface area (Å²) >= 11 is 5.99. The summed E-state index contributed by atoms with van der Waals surface area (Å²) in [6, 6.07) is 12.1. The Morgan fingerprint density at radius 2 is 1.85 bits per heavy atom. The first kappa shape index (κ1) is 16.5. The number of carbonyl (C=O) groups excluding carboxylic acids is 2. The molecule has 0 N–H and O–H groups in total. The summed E-state index contributed by atoms with van der Waals surface area (Å²) in [4.78, 5) is 26.8. The van der Waals surface area contributed by atoms with Gasteiger partial charge in [0.15, 0.2) is 12.1 Å². The number of benzene rings is 2. The Morgan fingerprint density at radius 1 is 1.08 bits per heavy atom. The summed E-state index contributed by atoms with van der Waals surface area (Å²) in [5.41, 5.74) is 1.10. The normalized spacial score (nSPS) is 21.5. The molecule has 2 aliphatic heterocycles. The number of halogens is 1. The van der Waals surface area contributed by atoms with Crippen molar-refractivity contribution < 1.29 is 14.3 Å². The van der Waals surface area contributed by atoms with Gasteiger partial charge in [0.25, 0.3) is 11.8 Å². The fourth-order valence-corrected chi connectivity index (χ4v) is 3.29. The third kappa shape index (κ3) is 2.61. The zero-order chi connectivity index (χ0) is 18.3. The Kier molecular flexibility index (Phi) is 4.08. The number of imide groups is 1. The highest BCUT2D eigenvalue weighted by atomic mass is 35.5. The van der Waals surface area contributed by atoms with Crippen molar-refractivity contribution >= 4 is 34.8 Å². The maximum atomic E-state index is 12.9. The standard InChI is InChI=1S/C18H15ClN4O3/c1-2-26-14-8-6-12(7-9-14)23-16-15(20-21-23)17(24)22(18(16)25)13-5-3-4-11(19)10-13/h3-10,15-16H,2H2,1H3/t15-,16-/m0/s1. The fraction of sp³-hybridized carbons (Fsp3) is 0.222. The third-order valence-electron chi connectivity index (χ3n) is 4.26. The molecule has 1 saturated heterocycles. The van der Waals surface area contributed by atoms with E-state index in [4.69, 9.17) is 16.3 Å². The van der Waals surface area contributed by atoms with Crippen LogP contribution in [0.4, 0.5) is 11.4 Å². The quantitative estimate of drug-likeness (QED) is 0.774. The van der Waals surface area contributed by atoms with Gasteiger partial charge >= 0.3 is 0 Å². The van der Waals surface area contributed by atoms with E-state index in [1.807, 2.05) is 6.92 Å². The van der Waals surface area contributed by atoms with E-state index in [0.717, 1.165) is 10.6 Å². The average Bonchev–Trinajstić information content (AvgIpc) is 3.17. The topological polar surface area (TPSA) is 74.6 Å². The summed E-state index contributed by atoms with van der Waals surface area (Å²) in [5, 5.41) is 9.98. The molecule has 2 aromatic carbocycles. The van der Waals surface area contributed by atoms with Crippen molar-refractivity contribution in [2.75, 3.05) is 16.5 Å². The van der Waals surface area contributed by atoms with E-state index in [2.05, 4.69) is 10.3 Å². The number of hydrogen-bond donors (Lipinski definition) is 0. The molecule has 0 aliphatic carbocycles. The van der Waals surface area contributed by atoms with E-state index in [0.29, 0.717) is 23.0 Å². The summed E-state index contributed by atoms with van der Waals surface area (Å²) < 4.78 is 5.42. The van der Waals surface area contributed by atoms with Gasteiger partial charge in [-0.2, -0.15) is 5.11 Å². The first-order valence-electron chi connectivity index (χ1n) is 8.16. The van der Waals surface area contributed by atoms with Gasteiger partial charge in [-0.1, -0.05) is 22.9 Å². The second-order valence-corrected chi connectivity index (χ2v) is 6.29. The van der Waals surface area contributed by atoms with E-state index in [-0.39, 0.29) is 5.91 Å². The molecule has 2 atom stereocenters. The second kappa shape index (κ2) is 6.42. The molecule has 0 aromatic heterocycles. The number of carbonyl (C=O) groups is 2. The lowest BCUT2D eigenvalue weighted by Crippen LogP contribution is -2.39. The molecule has 2 amide bonds. The molecule has 2 aromatic rings. The lowest BCUT2D eigenvalue weighted by molar-refractivity contribution is -0.121. The van der Waals surface area contributed by atoms with Gasteiger partial charge in [-0.15, -0.1) is 0 Å². The first-order chi connectivity index (χ1) is 12.6. The highest BCUT2D eigenvalue weighted by Gasteiger charge is 2.55. The van der Waals surface area contributed by atoms with Crippen LogP contribution in [0, 0.1) is 0 Å². The van der Waals surface area contributed by atoms with Crippen LogP contribution in [0.1, 0.15) is 6.92 Å². The van der Waals surface area contributed by atoms with Gasteiger partial charge in [-0.3, -0.25) is 9.59 Å². The molecule has 26 heavy (non-hydrogen) atoms. The van der Waals surface area contributed by atoms with Crippen molar-refractivity contribution in [3.8, 4) is 5.75 Å². The monoisotopic (exact) mass is 370 g/mol. The van der Waals surface area contributed by atoms with Crippen LogP contribution < -0.4 is 14.6 Å². The lowest BCUT2D eigenvalue weighted by Gasteiger charge is -2.20. The van der Waals surface area contributed by atoms with E-state index in [9.17, 15) is 9.59 Å². The molecule has 0 unspecified atom stereocenters. The van der Waals surface area contributed by atoms with Gasteiger partial charge in [0.05, 0.1) is 18.0 Å². The summed E-state index contributed by atoms with van der Waals surface area (Å²) in [6.45, 7) is 2.47. The van der Waals surface area contributed by atoms with Gasteiger partial charge in [-0.25, -0.2) is 9.91 Å². The van der Waals surface area contributed by atoms with Crippen LogP contribution in [0.25, 0.3) is 0 Å². The van der Waals surface area contributed by atoms with Crippen LogP contribution in [-0.4, -0.2) is 30.5 Å². The van der Waals surface area contributed by atoms with Crippen LogP contribution in [0.3, 0.4) is 0 Å². The van der Waals surface area contributed by atoms with Gasteiger partial charge in [0.2, 0.25) is 0 Å². The first-order valence-corrected chi connectivity index (χ1v) is 8.54. The molecule has 132 valence electrons. The highest BCUT2D eigenvalue weighted by Crippen LogP contribution is 2.35. The molecule has 0 bridgehead atoms. The number of amides is 2. The van der Waals surface area contributed by atoms with Crippen LogP contribution in [-0.2, 0) is 9.59 Å². The van der Waals surface area contributed by atoms with Crippen LogP contribution in [0.5, 0.6) is 5.75 Å². The molecule has 4 rings (SSSR count). The van der Waals surface area contributed by atoms with E-state index in [1.165, 1.54) is 5.01 Å². The van der Waals surface area contributed by atoms with Crippen LogP contribution in [0.2, 0.25) is 5.02 Å². The van der Waals surface area contributed by atoms with E-state index in [1.54, 1.807) is 48.5 Å². The summed E-state index contributed by atoms with van der Waals surface area (Å²) in [7, 11) is 0. The minimum Gasteiger partial charge on any atom is -0.494 e. The van der Waals surface area contributed by atoms with Crippen molar-refractivity contribution in [1.29, 1.82) is 0 Å². The Balaban J connectivity index is 1.64. The van der Waals surface area contributed by atoms with Crippen molar-refractivity contribution in [3.63, 3.8) is 0 Å². The Hall–Kier alpha value is -2.93. The minimum atomic E-state index is -0.854. The lowest BCUT2D eigenvalue weighted by atomic mass is 10.1. The number of rotatable bonds is 4. The molecular weight excluding hydrogens is 356 g/mol. The maximum Gasteiger partial charge on any atom is 0.263 e. The Bertz CT molecular complexity index is 900. The van der Waals surface area contributed by atoms with E-state index < -0.39 is 18.0 Å². The Labute approximate surface area is 154 Å². The fourth-order valence-electron chi connectivity index (χ4n) is 3.10. The number of ether oxygens (including phenoxy) is 1. The second-order valence-electron chi connectivity index (χ2n) is 5.86. The van der Waals surface area contributed by atoms with E-state index >= 15 is 0 Å². The largest absolute Gasteiger partial charge is 0.494 e. The number of hydrogen-bond acceptors (Lipinski definition) is 6. The van der Waals surface area contributed by atoms with Crippen molar-refractivity contribution in [1.82, 2.24) is 0 Å². The van der Waals surface area contributed by atoms with Crippen LogP contribution in [0.15, 0.2) is 58.9 Å². The molecule has 8 heteroatoms. The predicted molar refractivity (Wildman–Crippen MR) is 96.5 cm³/mol. The highest BCUT2D eigenvalue weighted by molar-refractivity contribution is 6.31.